The molecule has 2 N–H and O–H groups in total. The number of nitrogens with zero attached hydrogens (tertiary/aromatic N) is 3. The van der Waals surface area contributed by atoms with Crippen LogP contribution in [-0.4, -0.2) is 46.0 Å². The van der Waals surface area contributed by atoms with Gasteiger partial charge >= 0.3 is 0 Å². The number of nitrogens with one attached hydrogen (secondary N) is 1. The molecule has 2 aromatic rings. The minimum atomic E-state index is 0.0340. The van der Waals surface area contributed by atoms with E-state index in [0.717, 1.165) is 31.1 Å². The number of aromatic hydroxyl groups is 1. The van der Waals surface area contributed by atoms with E-state index in [1.54, 1.807) is 17.8 Å². The summed E-state index contributed by atoms with van der Waals surface area (Å²) in [4.78, 5) is 2.52. The Hall–Kier alpha value is -2.21. The fraction of sp³-hybridized carbons (Fsp3) is 0.526. The average molecular weight is 344 g/mol. The monoisotopic (exact) mass is 344 g/mol. The van der Waals surface area contributed by atoms with Crippen LogP contribution in [-0.2, 0) is 13.6 Å². The molecule has 0 unspecified atom stereocenters. The smallest absolute Gasteiger partial charge is 0.232 e. The van der Waals surface area contributed by atoms with Gasteiger partial charge in [0.05, 0.1) is 6.61 Å². The Morgan fingerprint density at radius 1 is 1.20 bits per heavy atom. The van der Waals surface area contributed by atoms with E-state index in [1.807, 2.05) is 6.07 Å². The maximum atomic E-state index is 9.33. The van der Waals surface area contributed by atoms with Crippen molar-refractivity contribution in [3.05, 3.63) is 35.9 Å². The van der Waals surface area contributed by atoms with E-state index >= 15 is 0 Å². The van der Waals surface area contributed by atoms with Gasteiger partial charge in [0.15, 0.2) is 0 Å². The van der Waals surface area contributed by atoms with E-state index in [-0.39, 0.29) is 5.88 Å². The van der Waals surface area contributed by atoms with Gasteiger partial charge in [0.2, 0.25) is 5.88 Å². The maximum Gasteiger partial charge on any atom is 0.232 e. The van der Waals surface area contributed by atoms with Crippen molar-refractivity contribution in [3.8, 4) is 11.6 Å². The molecule has 6 nitrogen and oxygen atoms in total. The molecule has 2 heterocycles. The number of likely N-dealkylation sites (tertiary alicyclic amines) is 1. The summed E-state index contributed by atoms with van der Waals surface area (Å²) in [5.41, 5.74) is 1.32. The molecule has 1 saturated heterocycles. The lowest BCUT2D eigenvalue weighted by Crippen LogP contribution is -2.29. The Labute approximate surface area is 149 Å². The van der Waals surface area contributed by atoms with E-state index < -0.39 is 0 Å². The zero-order valence-electron chi connectivity index (χ0n) is 14.9. The third-order valence-electron chi connectivity index (χ3n) is 4.52. The van der Waals surface area contributed by atoms with Crippen LogP contribution in [0, 0.1) is 0 Å². The number of benzene rings is 1. The minimum Gasteiger partial charge on any atom is -0.494 e. The van der Waals surface area contributed by atoms with Crippen molar-refractivity contribution in [2.75, 3.05) is 31.6 Å². The number of ether oxygens (including phenoxy) is 1. The highest BCUT2D eigenvalue weighted by Crippen LogP contribution is 2.18. The molecule has 1 aliphatic heterocycles. The quantitative estimate of drug-likeness (QED) is 0.721. The van der Waals surface area contributed by atoms with Crippen LogP contribution in [0.25, 0.3) is 0 Å². The van der Waals surface area contributed by atoms with Crippen LogP contribution in [0.2, 0.25) is 0 Å². The Morgan fingerprint density at radius 3 is 2.80 bits per heavy atom. The fourth-order valence-electron chi connectivity index (χ4n) is 3.21. The summed E-state index contributed by atoms with van der Waals surface area (Å²) in [5, 5.41) is 16.5. The molecule has 3 rings (SSSR count). The van der Waals surface area contributed by atoms with Crippen LogP contribution in [0.3, 0.4) is 0 Å². The molecule has 25 heavy (non-hydrogen) atoms. The molecule has 1 aromatic heterocycles. The SMILES string of the molecule is Cn1nc(O)cc1NCCCOc1cccc(CN2CCCCC2)c1. The molecular weight excluding hydrogens is 316 g/mol. The second-order valence-corrected chi connectivity index (χ2v) is 6.62. The zero-order valence-corrected chi connectivity index (χ0v) is 14.9. The number of hydrogen-bond donors (Lipinski definition) is 2. The van der Waals surface area contributed by atoms with Gasteiger partial charge in [0.1, 0.15) is 11.6 Å². The number of aryl methyl sites for hydroxylation is 1. The Kier molecular flexibility index (Phi) is 6.17. The molecule has 0 amide bonds. The van der Waals surface area contributed by atoms with E-state index in [4.69, 9.17) is 4.74 Å². The molecule has 6 heteroatoms. The second kappa shape index (κ2) is 8.76. The normalized spacial score (nSPS) is 15.2. The molecule has 136 valence electrons. The standard InChI is InChI=1S/C19H28N4O2/c1-22-18(14-19(24)21-22)20-9-6-12-25-17-8-5-7-16(13-17)15-23-10-3-2-4-11-23/h5,7-8,13-14,20H,2-4,6,9-12,15H2,1H3,(H,21,24). The summed E-state index contributed by atoms with van der Waals surface area (Å²) in [6.45, 7) is 4.86. The first-order valence-corrected chi connectivity index (χ1v) is 9.12. The topological polar surface area (TPSA) is 62.6 Å². The average Bonchev–Trinajstić information content (AvgIpc) is 2.93. The van der Waals surface area contributed by atoms with Crippen LogP contribution in [0.1, 0.15) is 31.2 Å². The maximum absolute atomic E-state index is 9.33. The van der Waals surface area contributed by atoms with Crippen LogP contribution >= 0.6 is 0 Å². The zero-order chi connectivity index (χ0) is 17.5. The van der Waals surface area contributed by atoms with Crippen LogP contribution in [0.4, 0.5) is 5.82 Å². The van der Waals surface area contributed by atoms with Crippen molar-refractivity contribution in [3.63, 3.8) is 0 Å². The van der Waals surface area contributed by atoms with Crippen molar-refractivity contribution in [1.29, 1.82) is 0 Å². The molecule has 0 aliphatic carbocycles. The first-order valence-electron chi connectivity index (χ1n) is 9.12. The van der Waals surface area contributed by atoms with Crippen LogP contribution < -0.4 is 10.1 Å². The lowest BCUT2D eigenvalue weighted by atomic mass is 10.1. The third-order valence-corrected chi connectivity index (χ3v) is 4.52. The first-order chi connectivity index (χ1) is 12.2. The summed E-state index contributed by atoms with van der Waals surface area (Å²) in [5.74, 6) is 1.78. The minimum absolute atomic E-state index is 0.0340. The van der Waals surface area contributed by atoms with Gasteiger partial charge in [-0.05, 0) is 50.0 Å². The fourth-order valence-corrected chi connectivity index (χ4v) is 3.21. The molecule has 0 radical (unpaired) electrons. The van der Waals surface area contributed by atoms with Crippen molar-refractivity contribution in [2.24, 2.45) is 7.05 Å². The van der Waals surface area contributed by atoms with E-state index in [2.05, 4.69) is 33.5 Å². The molecule has 1 aromatic carbocycles. The summed E-state index contributed by atoms with van der Waals surface area (Å²) in [6, 6.07) is 10.0. The van der Waals surface area contributed by atoms with Gasteiger partial charge < -0.3 is 15.2 Å². The predicted octanol–water partition coefficient (Wildman–Crippen LogP) is 2.99. The second-order valence-electron chi connectivity index (χ2n) is 6.62. The summed E-state index contributed by atoms with van der Waals surface area (Å²) >= 11 is 0. The molecule has 0 spiro atoms. The van der Waals surface area contributed by atoms with Crippen molar-refractivity contribution >= 4 is 5.82 Å². The van der Waals surface area contributed by atoms with Crippen molar-refractivity contribution < 1.29 is 9.84 Å². The largest absolute Gasteiger partial charge is 0.494 e. The lowest BCUT2D eigenvalue weighted by Gasteiger charge is -2.26. The molecule has 0 saturated carbocycles. The predicted molar refractivity (Wildman–Crippen MR) is 99.0 cm³/mol. The molecule has 0 bridgehead atoms. The van der Waals surface area contributed by atoms with Crippen molar-refractivity contribution in [1.82, 2.24) is 14.7 Å². The van der Waals surface area contributed by atoms with E-state index in [0.29, 0.717) is 6.61 Å². The van der Waals surface area contributed by atoms with E-state index in [9.17, 15) is 5.11 Å². The van der Waals surface area contributed by atoms with Gasteiger partial charge in [0, 0.05) is 26.2 Å². The van der Waals surface area contributed by atoms with Gasteiger partial charge in [-0.1, -0.05) is 18.6 Å². The van der Waals surface area contributed by atoms with Gasteiger partial charge in [-0.3, -0.25) is 4.90 Å². The number of anilines is 1. The molecule has 0 atom stereocenters. The third kappa shape index (κ3) is 5.39. The van der Waals surface area contributed by atoms with Gasteiger partial charge in [0.25, 0.3) is 0 Å². The number of aromatic nitrogens is 2. The summed E-state index contributed by atoms with van der Waals surface area (Å²) < 4.78 is 7.50. The van der Waals surface area contributed by atoms with Gasteiger partial charge in [-0.2, -0.15) is 0 Å². The van der Waals surface area contributed by atoms with Gasteiger partial charge in [-0.15, -0.1) is 5.10 Å². The first kappa shape index (κ1) is 17.6. The van der Waals surface area contributed by atoms with Crippen LogP contribution in [0.15, 0.2) is 30.3 Å². The van der Waals surface area contributed by atoms with Crippen LogP contribution in [0.5, 0.6) is 11.6 Å². The Balaban J connectivity index is 1.39. The molecular formula is C19H28N4O2. The van der Waals surface area contributed by atoms with Crippen molar-refractivity contribution in [2.45, 2.75) is 32.2 Å². The summed E-state index contributed by atoms with van der Waals surface area (Å²) in [6.07, 6.45) is 4.88. The van der Waals surface area contributed by atoms with E-state index in [1.165, 1.54) is 37.9 Å². The highest BCUT2D eigenvalue weighted by atomic mass is 16.5. The number of piperidine rings is 1. The Morgan fingerprint density at radius 2 is 2.04 bits per heavy atom. The molecule has 1 fully saturated rings. The highest BCUT2D eigenvalue weighted by molar-refractivity contribution is 5.38. The highest BCUT2D eigenvalue weighted by Gasteiger charge is 2.10. The number of hydrogen-bond acceptors (Lipinski definition) is 5. The Bertz CT molecular complexity index is 665. The molecule has 1 aliphatic rings. The summed E-state index contributed by atoms with van der Waals surface area (Å²) in [7, 11) is 1.80. The van der Waals surface area contributed by atoms with Gasteiger partial charge in [-0.25, -0.2) is 4.68 Å². The number of rotatable bonds is 8. The lowest BCUT2D eigenvalue weighted by molar-refractivity contribution is 0.220.